The summed E-state index contributed by atoms with van der Waals surface area (Å²) in [4.78, 5) is 37.6. The second-order valence-corrected chi connectivity index (χ2v) is 18.0. The fraction of sp³-hybridized carbons (Fsp3) is 0.647. The first-order chi connectivity index (χ1) is 29.9. The molecule has 0 aromatic heterocycles. The number of likely N-dealkylation sites (N-methyl/N-ethyl adjacent to an activating group) is 1. The number of carbonyl (C=O) groups excluding carboxylic acids is 2. The number of unbranched alkanes of at least 4 members (excludes halogenated alkanes) is 11. The monoisotopic (exact) mass is 888 g/mol. The zero-order chi connectivity index (χ0) is 45.8. The lowest BCUT2D eigenvalue weighted by molar-refractivity contribution is -0.870. The Kier molecular flexibility index (Phi) is 39.8. The van der Waals surface area contributed by atoms with E-state index in [4.69, 9.17) is 18.5 Å². The van der Waals surface area contributed by atoms with Crippen molar-refractivity contribution in [3.8, 4) is 0 Å². The Labute approximate surface area is 377 Å². The van der Waals surface area contributed by atoms with Crippen LogP contribution in [0.25, 0.3) is 0 Å². The highest BCUT2D eigenvalue weighted by Crippen LogP contribution is 2.38. The van der Waals surface area contributed by atoms with Crippen LogP contribution in [-0.4, -0.2) is 81.2 Å². The van der Waals surface area contributed by atoms with E-state index in [0.717, 1.165) is 70.6 Å². The first kappa shape index (κ1) is 58.9. The van der Waals surface area contributed by atoms with E-state index < -0.39 is 38.6 Å². The maximum absolute atomic E-state index is 12.7. The average molecular weight is 888 g/mol. The molecule has 10 nitrogen and oxygen atoms in total. The third-order valence-corrected chi connectivity index (χ3v) is 10.4. The molecule has 0 saturated carbocycles. The predicted molar refractivity (Wildman–Crippen MR) is 255 cm³/mol. The third-order valence-electron chi connectivity index (χ3n) is 9.41. The summed E-state index contributed by atoms with van der Waals surface area (Å²) in [5.41, 5.74) is 0. The number of allylic oxidation sites excluding steroid dienone is 14. The van der Waals surface area contributed by atoms with Crippen LogP contribution < -0.4 is 4.89 Å². The van der Waals surface area contributed by atoms with Crippen LogP contribution in [0.2, 0.25) is 0 Å². The lowest BCUT2D eigenvalue weighted by atomic mass is 10.1. The molecule has 0 aliphatic rings. The summed E-state index contributed by atoms with van der Waals surface area (Å²) in [6.07, 6.45) is 52.1. The van der Waals surface area contributed by atoms with Crippen molar-refractivity contribution in [3.63, 3.8) is 0 Å². The van der Waals surface area contributed by atoms with Crippen molar-refractivity contribution in [2.75, 3.05) is 47.5 Å². The molecule has 0 aromatic carbocycles. The lowest BCUT2D eigenvalue weighted by Crippen LogP contribution is -2.37. The fourth-order valence-corrected chi connectivity index (χ4v) is 6.44. The van der Waals surface area contributed by atoms with Gasteiger partial charge in [-0.3, -0.25) is 14.2 Å². The number of aliphatic hydroxyl groups excluding tert-OH is 1. The molecule has 11 heteroatoms. The molecular weight excluding hydrogens is 802 g/mol. The Bertz CT molecular complexity index is 1390. The fourth-order valence-electron chi connectivity index (χ4n) is 5.72. The smallest absolute Gasteiger partial charge is 0.306 e. The molecule has 0 aromatic rings. The summed E-state index contributed by atoms with van der Waals surface area (Å²) in [6.45, 7) is 3.86. The quantitative estimate of drug-likeness (QED) is 0.0159. The van der Waals surface area contributed by atoms with E-state index in [1.165, 1.54) is 32.1 Å². The Morgan fingerprint density at radius 2 is 1.13 bits per heavy atom. The number of hydrogen-bond acceptors (Lipinski definition) is 9. The van der Waals surface area contributed by atoms with Gasteiger partial charge in [0.15, 0.2) is 6.10 Å². The molecule has 3 atom stereocenters. The summed E-state index contributed by atoms with van der Waals surface area (Å²) < 4.78 is 33.8. The van der Waals surface area contributed by atoms with E-state index in [9.17, 15) is 24.2 Å². The molecule has 0 saturated heterocycles. The summed E-state index contributed by atoms with van der Waals surface area (Å²) in [6, 6.07) is 0. The molecule has 0 aliphatic carbocycles. The Hall–Kier alpha value is -3.11. The maximum Gasteiger partial charge on any atom is 0.306 e. The predicted octanol–water partition coefficient (Wildman–Crippen LogP) is 12.1. The van der Waals surface area contributed by atoms with Crippen molar-refractivity contribution < 1.29 is 47.2 Å². The lowest BCUT2D eigenvalue weighted by Gasteiger charge is -2.28. The van der Waals surface area contributed by atoms with Crippen LogP contribution >= 0.6 is 7.82 Å². The minimum absolute atomic E-state index is 0.0552. The number of phosphoric acid groups is 1. The van der Waals surface area contributed by atoms with Crippen LogP contribution in [0.15, 0.2) is 97.2 Å². The number of quaternary nitrogens is 1. The van der Waals surface area contributed by atoms with Crippen LogP contribution in [0, 0.1) is 0 Å². The Balaban J connectivity index is 4.48. The van der Waals surface area contributed by atoms with E-state index in [2.05, 4.69) is 61.6 Å². The molecule has 2 unspecified atom stereocenters. The van der Waals surface area contributed by atoms with Gasteiger partial charge in [-0.2, -0.15) is 0 Å². The van der Waals surface area contributed by atoms with E-state index in [1.807, 2.05) is 70.6 Å². The molecule has 0 rings (SSSR count). The van der Waals surface area contributed by atoms with Gasteiger partial charge in [-0.05, 0) is 83.5 Å². The normalized spacial score (nSPS) is 14.9. The van der Waals surface area contributed by atoms with Gasteiger partial charge in [0.05, 0.1) is 33.9 Å². The summed E-state index contributed by atoms with van der Waals surface area (Å²) >= 11 is 0. The van der Waals surface area contributed by atoms with Gasteiger partial charge in [0.2, 0.25) is 0 Å². The number of carbonyl (C=O) groups is 2. The molecule has 1 N–H and O–H groups in total. The molecule has 0 aliphatic heterocycles. The van der Waals surface area contributed by atoms with Crippen molar-refractivity contribution in [1.29, 1.82) is 0 Å². The van der Waals surface area contributed by atoms with Crippen molar-refractivity contribution in [1.82, 2.24) is 0 Å². The minimum Gasteiger partial charge on any atom is -0.756 e. The van der Waals surface area contributed by atoms with Crippen molar-refractivity contribution in [3.05, 3.63) is 97.2 Å². The molecular formula is C51H86NO9P. The van der Waals surface area contributed by atoms with Crippen molar-refractivity contribution in [2.24, 2.45) is 0 Å². The second kappa shape index (κ2) is 41.9. The largest absolute Gasteiger partial charge is 0.756 e. The van der Waals surface area contributed by atoms with Crippen LogP contribution in [0.1, 0.15) is 155 Å². The summed E-state index contributed by atoms with van der Waals surface area (Å²) in [7, 11) is 1.08. The molecule has 0 radical (unpaired) electrons. The molecule has 0 spiro atoms. The van der Waals surface area contributed by atoms with Crippen molar-refractivity contribution >= 4 is 19.8 Å². The summed E-state index contributed by atoms with van der Waals surface area (Å²) in [5.74, 6) is -0.951. The van der Waals surface area contributed by atoms with E-state index >= 15 is 0 Å². The van der Waals surface area contributed by atoms with Crippen LogP contribution in [0.5, 0.6) is 0 Å². The topological polar surface area (TPSA) is 131 Å². The first-order valence-electron chi connectivity index (χ1n) is 23.6. The standard InChI is InChI=1S/C51H86NO9P/c1-6-8-10-11-12-13-14-15-16-17-18-19-20-21-22-27-30-33-36-39-43-51(55)61-49(47-60-62(56,57)59-45-44-52(3,4)5)46-58-50(54)42-38-35-32-29-26-24-23-25-28-31-34-37-41-48(53)40-9-7-2/h9,13-14,16-17,19-20,23-24,28-29,31-32,34,37,40,48-49,53H,6-8,10-12,15,18,21-22,25-27,30,33,35-36,38-39,41-47H2,1-5H3/b14-13-,17-16-,20-19-,24-23-,31-28-,32-29-,37-34+,40-9-/t48?,49-/m1/s1. The average Bonchev–Trinajstić information content (AvgIpc) is 3.22. The third kappa shape index (κ3) is 44.9. The molecule has 354 valence electrons. The number of esters is 2. The van der Waals surface area contributed by atoms with Gasteiger partial charge in [0, 0.05) is 12.8 Å². The minimum atomic E-state index is -4.66. The number of rotatable bonds is 41. The van der Waals surface area contributed by atoms with Gasteiger partial charge in [-0.15, -0.1) is 0 Å². The molecule has 0 fully saturated rings. The second-order valence-electron chi connectivity index (χ2n) is 16.6. The highest BCUT2D eigenvalue weighted by Gasteiger charge is 2.21. The van der Waals surface area contributed by atoms with E-state index in [0.29, 0.717) is 36.7 Å². The van der Waals surface area contributed by atoms with Gasteiger partial charge in [-0.1, -0.05) is 156 Å². The highest BCUT2D eigenvalue weighted by atomic mass is 31.2. The van der Waals surface area contributed by atoms with Gasteiger partial charge < -0.3 is 33.0 Å². The first-order valence-corrected chi connectivity index (χ1v) is 25.0. The number of nitrogens with zero attached hydrogens (tertiary/aromatic N) is 1. The van der Waals surface area contributed by atoms with E-state index in [1.54, 1.807) is 0 Å². The Morgan fingerprint density at radius 1 is 0.613 bits per heavy atom. The van der Waals surface area contributed by atoms with Crippen LogP contribution in [0.4, 0.5) is 0 Å². The Morgan fingerprint density at radius 3 is 1.73 bits per heavy atom. The SMILES string of the molecule is CC/C=C\C(O)C/C=C/C=C\C/C=C\C/C=C\CCCC(=O)OC[C@H](COP(=O)([O-])OCC[N+](C)(C)C)OC(=O)CCCCCCCC/C=C\C/C=C\C/C=C\CCCCCC. The van der Waals surface area contributed by atoms with Crippen LogP contribution in [0.3, 0.4) is 0 Å². The number of ether oxygens (including phenoxy) is 2. The molecule has 0 heterocycles. The van der Waals surface area contributed by atoms with Crippen LogP contribution in [-0.2, 0) is 32.7 Å². The van der Waals surface area contributed by atoms with Gasteiger partial charge >= 0.3 is 11.9 Å². The maximum atomic E-state index is 12.7. The number of aliphatic hydroxyl groups is 1. The van der Waals surface area contributed by atoms with Crippen molar-refractivity contribution in [2.45, 2.75) is 167 Å². The zero-order valence-corrected chi connectivity index (χ0v) is 40.3. The zero-order valence-electron chi connectivity index (χ0n) is 39.4. The number of phosphoric ester groups is 1. The molecule has 0 amide bonds. The van der Waals surface area contributed by atoms with Gasteiger partial charge in [0.1, 0.15) is 19.8 Å². The summed E-state index contributed by atoms with van der Waals surface area (Å²) in [5, 5.41) is 9.78. The number of hydrogen-bond donors (Lipinski definition) is 1. The van der Waals surface area contributed by atoms with Gasteiger partial charge in [0.25, 0.3) is 7.82 Å². The molecule has 0 bridgehead atoms. The highest BCUT2D eigenvalue weighted by molar-refractivity contribution is 7.45. The van der Waals surface area contributed by atoms with Gasteiger partial charge in [-0.25, -0.2) is 0 Å². The molecule has 62 heavy (non-hydrogen) atoms. The van der Waals surface area contributed by atoms with E-state index in [-0.39, 0.29) is 26.1 Å².